The summed E-state index contributed by atoms with van der Waals surface area (Å²) in [6.45, 7) is 8.72. The SMILES string of the molecule is CCCCNC(=O)CNCC(CC)CC. The monoisotopic (exact) mass is 214 g/mol. The van der Waals surface area contributed by atoms with Gasteiger partial charge in [0.1, 0.15) is 0 Å². The summed E-state index contributed by atoms with van der Waals surface area (Å²) in [5.74, 6) is 0.822. The number of amides is 1. The van der Waals surface area contributed by atoms with Crippen LogP contribution < -0.4 is 10.6 Å². The van der Waals surface area contributed by atoms with Crippen molar-refractivity contribution in [2.75, 3.05) is 19.6 Å². The van der Waals surface area contributed by atoms with Crippen molar-refractivity contribution in [1.29, 1.82) is 0 Å². The largest absolute Gasteiger partial charge is 0.355 e. The first kappa shape index (κ1) is 14.4. The predicted molar refractivity (Wildman–Crippen MR) is 64.9 cm³/mol. The summed E-state index contributed by atoms with van der Waals surface area (Å²) >= 11 is 0. The average Bonchev–Trinajstić information content (AvgIpc) is 2.25. The standard InChI is InChI=1S/C12H26N2O/c1-4-7-8-14-12(15)10-13-9-11(5-2)6-3/h11,13H,4-10H2,1-3H3,(H,14,15). The number of nitrogens with one attached hydrogen (secondary N) is 2. The van der Waals surface area contributed by atoms with Crippen molar-refractivity contribution in [3.63, 3.8) is 0 Å². The molecule has 0 aromatic carbocycles. The molecule has 0 saturated carbocycles. The summed E-state index contributed by atoms with van der Waals surface area (Å²) in [7, 11) is 0. The second-order valence-corrected chi connectivity index (χ2v) is 4.02. The third-order valence-electron chi connectivity index (χ3n) is 2.73. The molecule has 0 saturated heterocycles. The number of carbonyl (C=O) groups excluding carboxylic acids is 1. The van der Waals surface area contributed by atoms with Crippen molar-refractivity contribution in [2.45, 2.75) is 46.5 Å². The van der Waals surface area contributed by atoms with Gasteiger partial charge in [0.15, 0.2) is 0 Å². The van der Waals surface area contributed by atoms with Gasteiger partial charge in [-0.25, -0.2) is 0 Å². The van der Waals surface area contributed by atoms with E-state index in [-0.39, 0.29) is 5.91 Å². The maximum atomic E-state index is 11.3. The lowest BCUT2D eigenvalue weighted by molar-refractivity contribution is -0.120. The van der Waals surface area contributed by atoms with Crippen LogP contribution in [0.5, 0.6) is 0 Å². The summed E-state index contributed by atoms with van der Waals surface area (Å²) in [6.07, 6.45) is 4.56. The molecule has 1 amide bonds. The van der Waals surface area contributed by atoms with Gasteiger partial charge in [0, 0.05) is 6.54 Å². The van der Waals surface area contributed by atoms with Gasteiger partial charge in [0.05, 0.1) is 6.54 Å². The van der Waals surface area contributed by atoms with E-state index in [2.05, 4.69) is 31.4 Å². The Morgan fingerprint density at radius 1 is 1.20 bits per heavy atom. The lowest BCUT2D eigenvalue weighted by Crippen LogP contribution is -2.36. The van der Waals surface area contributed by atoms with Crippen molar-refractivity contribution < 1.29 is 4.79 Å². The van der Waals surface area contributed by atoms with Gasteiger partial charge >= 0.3 is 0 Å². The highest BCUT2D eigenvalue weighted by Crippen LogP contribution is 2.04. The number of rotatable bonds is 9. The molecular weight excluding hydrogens is 188 g/mol. The molecule has 0 bridgehead atoms. The fraction of sp³-hybridized carbons (Fsp3) is 0.917. The molecule has 90 valence electrons. The summed E-state index contributed by atoms with van der Waals surface area (Å²) in [5, 5.41) is 6.09. The smallest absolute Gasteiger partial charge is 0.233 e. The zero-order valence-electron chi connectivity index (χ0n) is 10.4. The van der Waals surface area contributed by atoms with Crippen LogP contribution in [-0.2, 0) is 4.79 Å². The summed E-state index contributed by atoms with van der Waals surface area (Å²) in [5.41, 5.74) is 0. The molecule has 15 heavy (non-hydrogen) atoms. The van der Waals surface area contributed by atoms with Crippen LogP contribution in [0, 0.1) is 5.92 Å². The quantitative estimate of drug-likeness (QED) is 0.576. The molecule has 3 nitrogen and oxygen atoms in total. The van der Waals surface area contributed by atoms with Gasteiger partial charge in [-0.1, -0.05) is 40.0 Å². The van der Waals surface area contributed by atoms with Crippen molar-refractivity contribution in [3.05, 3.63) is 0 Å². The minimum atomic E-state index is 0.120. The van der Waals surface area contributed by atoms with Crippen LogP contribution in [0.1, 0.15) is 46.5 Å². The van der Waals surface area contributed by atoms with E-state index in [9.17, 15) is 4.79 Å². The van der Waals surface area contributed by atoms with Gasteiger partial charge in [-0.15, -0.1) is 0 Å². The second-order valence-electron chi connectivity index (χ2n) is 4.02. The molecular formula is C12H26N2O. The van der Waals surface area contributed by atoms with Crippen molar-refractivity contribution in [2.24, 2.45) is 5.92 Å². The zero-order chi connectivity index (χ0) is 11.5. The third-order valence-corrected chi connectivity index (χ3v) is 2.73. The zero-order valence-corrected chi connectivity index (χ0v) is 10.4. The van der Waals surface area contributed by atoms with E-state index in [4.69, 9.17) is 0 Å². The van der Waals surface area contributed by atoms with Crippen LogP contribution >= 0.6 is 0 Å². The molecule has 0 aliphatic rings. The van der Waals surface area contributed by atoms with E-state index < -0.39 is 0 Å². The topological polar surface area (TPSA) is 41.1 Å². The molecule has 0 unspecified atom stereocenters. The molecule has 0 aliphatic heterocycles. The Balaban J connectivity index is 3.37. The van der Waals surface area contributed by atoms with Gasteiger partial charge in [-0.3, -0.25) is 4.79 Å². The van der Waals surface area contributed by atoms with Crippen molar-refractivity contribution in [3.8, 4) is 0 Å². The molecule has 0 aromatic heterocycles. The first-order valence-corrected chi connectivity index (χ1v) is 6.21. The normalized spacial score (nSPS) is 10.7. The Hall–Kier alpha value is -0.570. The molecule has 2 N–H and O–H groups in total. The minimum Gasteiger partial charge on any atom is -0.355 e. The Kier molecular flexibility index (Phi) is 9.59. The number of unbranched alkanes of at least 4 members (excludes halogenated alkanes) is 1. The molecule has 0 fully saturated rings. The highest BCUT2D eigenvalue weighted by atomic mass is 16.1. The predicted octanol–water partition coefficient (Wildman–Crippen LogP) is 1.93. The first-order chi connectivity index (χ1) is 7.24. The Morgan fingerprint density at radius 3 is 2.40 bits per heavy atom. The summed E-state index contributed by atoms with van der Waals surface area (Å²) in [4.78, 5) is 11.3. The van der Waals surface area contributed by atoms with E-state index in [1.807, 2.05) is 0 Å². The van der Waals surface area contributed by atoms with Gasteiger partial charge < -0.3 is 10.6 Å². The lowest BCUT2D eigenvalue weighted by atomic mass is 10.0. The Labute approximate surface area is 94.0 Å². The number of hydrogen-bond acceptors (Lipinski definition) is 2. The fourth-order valence-corrected chi connectivity index (χ4v) is 1.43. The van der Waals surface area contributed by atoms with Gasteiger partial charge in [-0.05, 0) is 18.9 Å². The molecule has 3 heteroatoms. The van der Waals surface area contributed by atoms with Crippen LogP contribution in [0.25, 0.3) is 0 Å². The Bertz CT molecular complexity index is 156. The van der Waals surface area contributed by atoms with E-state index in [1.165, 1.54) is 12.8 Å². The molecule has 0 radical (unpaired) electrons. The second kappa shape index (κ2) is 9.97. The van der Waals surface area contributed by atoms with Gasteiger partial charge in [-0.2, -0.15) is 0 Å². The van der Waals surface area contributed by atoms with E-state index in [0.29, 0.717) is 12.5 Å². The maximum Gasteiger partial charge on any atom is 0.233 e. The summed E-state index contributed by atoms with van der Waals surface area (Å²) < 4.78 is 0. The average molecular weight is 214 g/mol. The van der Waals surface area contributed by atoms with E-state index in [0.717, 1.165) is 25.9 Å². The molecule has 0 rings (SSSR count). The maximum absolute atomic E-state index is 11.3. The van der Waals surface area contributed by atoms with Crippen LogP contribution in [0.15, 0.2) is 0 Å². The molecule has 0 aliphatic carbocycles. The molecule has 0 heterocycles. The van der Waals surface area contributed by atoms with E-state index >= 15 is 0 Å². The van der Waals surface area contributed by atoms with E-state index in [1.54, 1.807) is 0 Å². The molecule has 0 aromatic rings. The van der Waals surface area contributed by atoms with Crippen LogP contribution in [0.4, 0.5) is 0 Å². The lowest BCUT2D eigenvalue weighted by Gasteiger charge is -2.12. The number of carbonyl (C=O) groups is 1. The van der Waals surface area contributed by atoms with Gasteiger partial charge in [0.2, 0.25) is 5.91 Å². The van der Waals surface area contributed by atoms with Crippen LogP contribution in [0.2, 0.25) is 0 Å². The van der Waals surface area contributed by atoms with Crippen molar-refractivity contribution >= 4 is 5.91 Å². The molecule has 0 spiro atoms. The van der Waals surface area contributed by atoms with Crippen LogP contribution in [-0.4, -0.2) is 25.5 Å². The summed E-state index contributed by atoms with van der Waals surface area (Å²) in [6, 6.07) is 0. The Morgan fingerprint density at radius 2 is 1.87 bits per heavy atom. The fourth-order valence-electron chi connectivity index (χ4n) is 1.43. The third kappa shape index (κ3) is 8.43. The first-order valence-electron chi connectivity index (χ1n) is 6.21. The molecule has 0 atom stereocenters. The highest BCUT2D eigenvalue weighted by Gasteiger charge is 2.04. The minimum absolute atomic E-state index is 0.120. The highest BCUT2D eigenvalue weighted by molar-refractivity contribution is 5.77. The number of hydrogen-bond donors (Lipinski definition) is 2. The van der Waals surface area contributed by atoms with Crippen molar-refractivity contribution in [1.82, 2.24) is 10.6 Å². The van der Waals surface area contributed by atoms with Crippen LogP contribution in [0.3, 0.4) is 0 Å². The van der Waals surface area contributed by atoms with Gasteiger partial charge in [0.25, 0.3) is 0 Å².